The Morgan fingerprint density at radius 2 is 1.61 bits per heavy atom. The highest BCUT2D eigenvalue weighted by atomic mass is 19.1. The molecule has 212 valence electrons. The average Bonchev–Trinajstić information content (AvgIpc) is 3.22. The second kappa shape index (κ2) is 11.5. The fourth-order valence-corrected chi connectivity index (χ4v) is 4.98. The third-order valence-corrected chi connectivity index (χ3v) is 7.46. The highest BCUT2D eigenvalue weighted by Crippen LogP contribution is 2.30. The van der Waals surface area contributed by atoms with Crippen LogP contribution in [0.4, 0.5) is 21.5 Å². The standard InChI is InChI=1S/C31H31FN4O5/c1-31(2,30(40)33-23-11-13-24(14-12-23)34-15-17-41-18-16-34)36(19-21-7-9-22(32)10-8-21)27(37)20-35-26-6-4-3-5-25(26)28(38)29(35)39/h3-14H,15-20H2,1-2H3,(H,33,40). The quantitative estimate of drug-likeness (QED) is 0.424. The molecule has 1 saturated heterocycles. The molecule has 0 unspecified atom stereocenters. The number of hydrogen-bond donors (Lipinski definition) is 1. The lowest BCUT2D eigenvalue weighted by Crippen LogP contribution is -2.57. The summed E-state index contributed by atoms with van der Waals surface area (Å²) in [5.74, 6) is -2.91. The van der Waals surface area contributed by atoms with E-state index >= 15 is 0 Å². The van der Waals surface area contributed by atoms with Crippen molar-refractivity contribution in [2.24, 2.45) is 0 Å². The van der Waals surface area contributed by atoms with Gasteiger partial charge in [-0.05, 0) is 67.9 Å². The maximum Gasteiger partial charge on any atom is 0.299 e. The molecule has 1 N–H and O–H groups in total. The van der Waals surface area contributed by atoms with E-state index in [1.165, 1.54) is 35.2 Å². The molecule has 0 radical (unpaired) electrons. The van der Waals surface area contributed by atoms with Crippen molar-refractivity contribution in [3.63, 3.8) is 0 Å². The lowest BCUT2D eigenvalue weighted by atomic mass is 9.99. The number of amides is 3. The molecule has 0 aromatic heterocycles. The first-order valence-corrected chi connectivity index (χ1v) is 13.4. The van der Waals surface area contributed by atoms with Gasteiger partial charge in [-0.2, -0.15) is 0 Å². The number of hydrogen-bond acceptors (Lipinski definition) is 6. The summed E-state index contributed by atoms with van der Waals surface area (Å²) in [4.78, 5) is 57.4. The molecule has 2 aliphatic heterocycles. The lowest BCUT2D eigenvalue weighted by molar-refractivity contribution is -0.143. The fourth-order valence-electron chi connectivity index (χ4n) is 4.98. The Morgan fingerprint density at radius 3 is 2.29 bits per heavy atom. The van der Waals surface area contributed by atoms with E-state index in [2.05, 4.69) is 10.2 Å². The van der Waals surface area contributed by atoms with Gasteiger partial charge in [-0.1, -0.05) is 24.3 Å². The number of morpholine rings is 1. The highest BCUT2D eigenvalue weighted by molar-refractivity contribution is 6.52. The molecule has 0 bridgehead atoms. The molecule has 3 aromatic carbocycles. The summed E-state index contributed by atoms with van der Waals surface area (Å²) < 4.78 is 19.0. The van der Waals surface area contributed by atoms with Crippen LogP contribution in [0.15, 0.2) is 72.8 Å². The number of rotatable bonds is 8. The van der Waals surface area contributed by atoms with Crippen molar-refractivity contribution in [3.8, 4) is 0 Å². The molecule has 2 heterocycles. The van der Waals surface area contributed by atoms with Gasteiger partial charge in [-0.25, -0.2) is 4.39 Å². The Bertz CT molecular complexity index is 1470. The van der Waals surface area contributed by atoms with Gasteiger partial charge in [-0.15, -0.1) is 0 Å². The molecule has 3 amide bonds. The molecular weight excluding hydrogens is 527 g/mol. The molecule has 0 saturated carbocycles. The van der Waals surface area contributed by atoms with Crippen molar-refractivity contribution < 1.29 is 28.3 Å². The predicted octanol–water partition coefficient (Wildman–Crippen LogP) is 3.64. The van der Waals surface area contributed by atoms with Crippen LogP contribution in [0.2, 0.25) is 0 Å². The zero-order valence-corrected chi connectivity index (χ0v) is 22.9. The molecule has 5 rings (SSSR count). The van der Waals surface area contributed by atoms with Crippen molar-refractivity contribution >= 4 is 40.6 Å². The van der Waals surface area contributed by atoms with Crippen LogP contribution in [0.5, 0.6) is 0 Å². The van der Waals surface area contributed by atoms with E-state index in [9.17, 15) is 23.6 Å². The third kappa shape index (κ3) is 5.83. The van der Waals surface area contributed by atoms with E-state index in [0.29, 0.717) is 30.2 Å². The number of nitrogens with one attached hydrogen (secondary N) is 1. The number of carbonyl (C=O) groups excluding carboxylic acids is 4. The summed E-state index contributed by atoms with van der Waals surface area (Å²) in [7, 11) is 0. The summed E-state index contributed by atoms with van der Waals surface area (Å²) in [6, 6.07) is 19.5. The normalized spacial score (nSPS) is 15.1. The van der Waals surface area contributed by atoms with E-state index < -0.39 is 41.4 Å². The molecule has 0 atom stereocenters. The number of para-hydroxylation sites is 1. The van der Waals surface area contributed by atoms with Crippen LogP contribution in [0.1, 0.15) is 29.8 Å². The van der Waals surface area contributed by atoms with E-state index in [1.807, 2.05) is 12.1 Å². The number of benzene rings is 3. The molecular formula is C31H31FN4O5. The van der Waals surface area contributed by atoms with Crippen LogP contribution in [-0.2, 0) is 25.7 Å². The summed E-state index contributed by atoms with van der Waals surface area (Å²) in [6.07, 6.45) is 0. The number of Topliss-reactive ketones (excluding diaryl/α,β-unsaturated/α-hetero) is 1. The van der Waals surface area contributed by atoms with Gasteiger partial charge in [0, 0.05) is 31.0 Å². The highest BCUT2D eigenvalue weighted by Gasteiger charge is 2.42. The van der Waals surface area contributed by atoms with E-state index in [1.54, 1.807) is 44.2 Å². The van der Waals surface area contributed by atoms with E-state index in [0.717, 1.165) is 23.7 Å². The Hall–Kier alpha value is -4.57. The summed E-state index contributed by atoms with van der Waals surface area (Å²) in [6.45, 7) is 5.65. The van der Waals surface area contributed by atoms with Gasteiger partial charge in [0.25, 0.3) is 11.7 Å². The van der Waals surface area contributed by atoms with Gasteiger partial charge >= 0.3 is 0 Å². The van der Waals surface area contributed by atoms with E-state index in [-0.39, 0.29) is 12.1 Å². The van der Waals surface area contributed by atoms with Gasteiger partial charge in [0.1, 0.15) is 17.9 Å². The van der Waals surface area contributed by atoms with Crippen LogP contribution < -0.4 is 15.1 Å². The first-order chi connectivity index (χ1) is 19.6. The zero-order valence-electron chi connectivity index (χ0n) is 22.9. The molecule has 10 heteroatoms. The number of nitrogens with zero attached hydrogens (tertiary/aromatic N) is 3. The van der Waals surface area contributed by atoms with Gasteiger partial charge in [0.2, 0.25) is 11.8 Å². The zero-order chi connectivity index (χ0) is 29.1. The van der Waals surface area contributed by atoms with Gasteiger partial charge in [-0.3, -0.25) is 24.1 Å². The fraction of sp³-hybridized carbons (Fsp3) is 0.290. The molecule has 2 aliphatic rings. The Morgan fingerprint density at radius 1 is 0.951 bits per heavy atom. The van der Waals surface area contributed by atoms with Crippen LogP contribution in [0.3, 0.4) is 0 Å². The molecule has 41 heavy (non-hydrogen) atoms. The van der Waals surface area contributed by atoms with Crippen LogP contribution >= 0.6 is 0 Å². The van der Waals surface area contributed by atoms with Gasteiger partial charge in [0.05, 0.1) is 24.5 Å². The Labute approximate surface area is 237 Å². The number of halogens is 1. The maximum absolute atomic E-state index is 13.8. The van der Waals surface area contributed by atoms with Crippen LogP contribution in [-0.4, -0.2) is 66.8 Å². The van der Waals surface area contributed by atoms with Gasteiger partial charge in [0.15, 0.2) is 0 Å². The van der Waals surface area contributed by atoms with Crippen molar-refractivity contribution in [1.82, 2.24) is 4.90 Å². The second-order valence-corrected chi connectivity index (χ2v) is 10.5. The van der Waals surface area contributed by atoms with Gasteiger partial charge < -0.3 is 19.9 Å². The largest absolute Gasteiger partial charge is 0.378 e. The monoisotopic (exact) mass is 558 g/mol. The molecule has 0 aliphatic carbocycles. The summed E-state index contributed by atoms with van der Waals surface area (Å²) >= 11 is 0. The minimum atomic E-state index is -1.39. The van der Waals surface area contributed by atoms with Crippen molar-refractivity contribution in [2.75, 3.05) is 48.0 Å². The Kier molecular flexibility index (Phi) is 7.85. The number of ether oxygens (including phenoxy) is 1. The van der Waals surface area contributed by atoms with Crippen molar-refractivity contribution in [2.45, 2.75) is 25.9 Å². The van der Waals surface area contributed by atoms with Crippen molar-refractivity contribution in [1.29, 1.82) is 0 Å². The van der Waals surface area contributed by atoms with Crippen LogP contribution in [0, 0.1) is 5.82 Å². The number of fused-ring (bicyclic) bond motifs is 1. The first kappa shape index (κ1) is 28.0. The maximum atomic E-state index is 13.8. The SMILES string of the molecule is CC(C)(C(=O)Nc1ccc(N2CCOCC2)cc1)N(Cc1ccc(F)cc1)C(=O)CN1C(=O)C(=O)c2ccccc21. The number of anilines is 3. The average molecular weight is 559 g/mol. The van der Waals surface area contributed by atoms with Crippen molar-refractivity contribution in [3.05, 3.63) is 89.7 Å². The number of carbonyl (C=O) groups is 4. The minimum Gasteiger partial charge on any atom is -0.378 e. The smallest absolute Gasteiger partial charge is 0.299 e. The van der Waals surface area contributed by atoms with Crippen LogP contribution in [0.25, 0.3) is 0 Å². The molecule has 1 fully saturated rings. The summed E-state index contributed by atoms with van der Waals surface area (Å²) in [5.41, 5.74) is 1.36. The molecule has 3 aromatic rings. The summed E-state index contributed by atoms with van der Waals surface area (Å²) in [5, 5.41) is 2.90. The topological polar surface area (TPSA) is 99.3 Å². The third-order valence-electron chi connectivity index (χ3n) is 7.46. The number of ketones is 1. The van der Waals surface area contributed by atoms with E-state index in [4.69, 9.17) is 4.74 Å². The lowest BCUT2D eigenvalue weighted by Gasteiger charge is -2.38. The second-order valence-electron chi connectivity index (χ2n) is 10.5. The predicted molar refractivity (Wildman–Crippen MR) is 152 cm³/mol. The molecule has 9 nitrogen and oxygen atoms in total. The first-order valence-electron chi connectivity index (χ1n) is 13.4. The molecule has 0 spiro atoms. The minimum absolute atomic E-state index is 0.0207. The Balaban J connectivity index is 1.37.